The van der Waals surface area contributed by atoms with E-state index >= 15 is 0 Å². The SMILES string of the molecule is CNC1(CC(=O)NCC2CCC(C(=O)O)O2)CCCCC1. The molecular formula is C15H26N2O4. The van der Waals surface area contributed by atoms with Crippen LogP contribution in [0.4, 0.5) is 0 Å². The molecular weight excluding hydrogens is 272 g/mol. The van der Waals surface area contributed by atoms with E-state index in [-0.39, 0.29) is 17.6 Å². The Kier molecular flexibility index (Phi) is 5.58. The highest BCUT2D eigenvalue weighted by Gasteiger charge is 2.34. The average molecular weight is 298 g/mol. The van der Waals surface area contributed by atoms with Crippen LogP contribution in [-0.4, -0.2) is 48.3 Å². The highest BCUT2D eigenvalue weighted by molar-refractivity contribution is 5.77. The van der Waals surface area contributed by atoms with Gasteiger partial charge in [-0.05, 0) is 32.7 Å². The maximum atomic E-state index is 12.1. The van der Waals surface area contributed by atoms with Crippen molar-refractivity contribution in [2.75, 3.05) is 13.6 Å². The van der Waals surface area contributed by atoms with Gasteiger partial charge in [0.05, 0.1) is 6.10 Å². The lowest BCUT2D eigenvalue weighted by Crippen LogP contribution is -2.48. The van der Waals surface area contributed by atoms with Crippen molar-refractivity contribution in [2.45, 2.75) is 69.1 Å². The van der Waals surface area contributed by atoms with Gasteiger partial charge in [-0.1, -0.05) is 19.3 Å². The largest absolute Gasteiger partial charge is 0.479 e. The average Bonchev–Trinajstić information content (AvgIpc) is 2.95. The van der Waals surface area contributed by atoms with Crippen molar-refractivity contribution in [1.82, 2.24) is 10.6 Å². The summed E-state index contributed by atoms with van der Waals surface area (Å²) in [5.74, 6) is -0.895. The molecule has 2 rings (SSSR count). The van der Waals surface area contributed by atoms with Crippen LogP contribution < -0.4 is 10.6 Å². The maximum Gasteiger partial charge on any atom is 0.332 e. The molecule has 0 radical (unpaired) electrons. The lowest BCUT2D eigenvalue weighted by molar-refractivity contribution is -0.149. The van der Waals surface area contributed by atoms with Gasteiger partial charge in [-0.3, -0.25) is 4.79 Å². The van der Waals surface area contributed by atoms with Crippen LogP contribution >= 0.6 is 0 Å². The molecule has 1 amide bonds. The van der Waals surface area contributed by atoms with E-state index < -0.39 is 12.1 Å². The number of rotatable bonds is 6. The number of carboxylic acids is 1. The van der Waals surface area contributed by atoms with Crippen molar-refractivity contribution in [3.05, 3.63) is 0 Å². The summed E-state index contributed by atoms with van der Waals surface area (Å²) in [5, 5.41) is 15.1. The van der Waals surface area contributed by atoms with E-state index in [1.54, 1.807) is 0 Å². The lowest BCUT2D eigenvalue weighted by Gasteiger charge is -2.36. The number of hydrogen-bond acceptors (Lipinski definition) is 4. The fourth-order valence-electron chi connectivity index (χ4n) is 3.38. The normalized spacial score (nSPS) is 28.2. The first-order valence-corrected chi connectivity index (χ1v) is 7.88. The van der Waals surface area contributed by atoms with Crippen LogP contribution in [0.15, 0.2) is 0 Å². The minimum absolute atomic E-state index is 0.0219. The molecule has 0 aromatic carbocycles. The van der Waals surface area contributed by atoms with Gasteiger partial charge in [0.2, 0.25) is 5.91 Å². The van der Waals surface area contributed by atoms with E-state index in [4.69, 9.17) is 9.84 Å². The van der Waals surface area contributed by atoms with Crippen molar-refractivity contribution in [3.63, 3.8) is 0 Å². The number of hydrogen-bond donors (Lipinski definition) is 3. The molecule has 1 heterocycles. The van der Waals surface area contributed by atoms with Crippen LogP contribution in [0.25, 0.3) is 0 Å². The Morgan fingerprint density at radius 2 is 1.95 bits per heavy atom. The summed E-state index contributed by atoms with van der Waals surface area (Å²) in [7, 11) is 1.93. The number of carboxylic acid groups (broad SMARTS) is 1. The third kappa shape index (κ3) is 4.41. The molecule has 2 fully saturated rings. The second kappa shape index (κ2) is 7.22. The molecule has 0 aromatic rings. The molecule has 6 nitrogen and oxygen atoms in total. The second-order valence-electron chi connectivity index (χ2n) is 6.23. The zero-order valence-electron chi connectivity index (χ0n) is 12.7. The standard InChI is InChI=1S/C15H26N2O4/c1-16-15(7-3-2-4-8-15)9-13(18)17-10-11-5-6-12(21-11)14(19)20/h11-12,16H,2-10H2,1H3,(H,17,18)(H,19,20). The zero-order chi connectivity index (χ0) is 15.3. The Hall–Kier alpha value is -1.14. The third-order valence-electron chi connectivity index (χ3n) is 4.75. The first-order valence-electron chi connectivity index (χ1n) is 7.88. The van der Waals surface area contributed by atoms with E-state index in [0.29, 0.717) is 25.8 Å². The Balaban J connectivity index is 1.73. The van der Waals surface area contributed by atoms with Crippen LogP contribution in [-0.2, 0) is 14.3 Å². The number of carbonyl (C=O) groups excluding carboxylic acids is 1. The van der Waals surface area contributed by atoms with Gasteiger partial charge in [0.15, 0.2) is 6.10 Å². The molecule has 0 aromatic heterocycles. The molecule has 21 heavy (non-hydrogen) atoms. The van der Waals surface area contributed by atoms with Crippen LogP contribution in [0.2, 0.25) is 0 Å². The Labute approximate surface area is 125 Å². The Morgan fingerprint density at radius 3 is 2.52 bits per heavy atom. The summed E-state index contributed by atoms with van der Waals surface area (Å²) in [6.07, 6.45) is 6.47. The molecule has 6 heteroatoms. The smallest absolute Gasteiger partial charge is 0.332 e. The maximum absolute atomic E-state index is 12.1. The fraction of sp³-hybridized carbons (Fsp3) is 0.867. The van der Waals surface area contributed by atoms with E-state index in [0.717, 1.165) is 12.8 Å². The highest BCUT2D eigenvalue weighted by atomic mass is 16.5. The summed E-state index contributed by atoms with van der Waals surface area (Å²) in [5.41, 5.74) is -0.0670. The molecule has 1 saturated heterocycles. The molecule has 2 unspecified atom stereocenters. The summed E-state index contributed by atoms with van der Waals surface area (Å²) < 4.78 is 5.38. The zero-order valence-corrected chi connectivity index (χ0v) is 12.7. The quantitative estimate of drug-likeness (QED) is 0.682. The van der Waals surface area contributed by atoms with Gasteiger partial charge in [0.1, 0.15) is 0 Å². The van der Waals surface area contributed by atoms with E-state index in [9.17, 15) is 9.59 Å². The number of ether oxygens (including phenoxy) is 1. The summed E-state index contributed by atoms with van der Waals surface area (Å²) in [6, 6.07) is 0. The Bertz CT molecular complexity index is 380. The first kappa shape index (κ1) is 16.2. The Morgan fingerprint density at radius 1 is 1.24 bits per heavy atom. The molecule has 0 spiro atoms. The van der Waals surface area contributed by atoms with Crippen LogP contribution in [0, 0.1) is 0 Å². The molecule has 1 aliphatic carbocycles. The van der Waals surface area contributed by atoms with Gasteiger partial charge in [-0.15, -0.1) is 0 Å². The van der Waals surface area contributed by atoms with Crippen molar-refractivity contribution >= 4 is 11.9 Å². The van der Waals surface area contributed by atoms with Crippen LogP contribution in [0.5, 0.6) is 0 Å². The molecule has 3 N–H and O–H groups in total. The predicted molar refractivity (Wildman–Crippen MR) is 78.0 cm³/mol. The molecule has 1 saturated carbocycles. The first-order chi connectivity index (χ1) is 10.0. The van der Waals surface area contributed by atoms with Gasteiger partial charge < -0.3 is 20.5 Å². The van der Waals surface area contributed by atoms with Crippen molar-refractivity contribution in [3.8, 4) is 0 Å². The number of aliphatic carboxylic acids is 1. The number of carbonyl (C=O) groups is 2. The topological polar surface area (TPSA) is 87.7 Å². The molecule has 2 atom stereocenters. The van der Waals surface area contributed by atoms with Crippen LogP contribution in [0.1, 0.15) is 51.4 Å². The fourth-order valence-corrected chi connectivity index (χ4v) is 3.38. The van der Waals surface area contributed by atoms with E-state index in [1.807, 2.05) is 7.05 Å². The number of nitrogens with one attached hydrogen (secondary N) is 2. The minimum atomic E-state index is -0.917. The van der Waals surface area contributed by atoms with Crippen molar-refractivity contribution in [2.24, 2.45) is 0 Å². The summed E-state index contributed by atoms with van der Waals surface area (Å²) in [6.45, 7) is 0.405. The third-order valence-corrected chi connectivity index (χ3v) is 4.75. The van der Waals surface area contributed by atoms with Crippen molar-refractivity contribution < 1.29 is 19.4 Å². The highest BCUT2D eigenvalue weighted by Crippen LogP contribution is 2.30. The number of amides is 1. The predicted octanol–water partition coefficient (Wildman–Crippen LogP) is 1.05. The van der Waals surface area contributed by atoms with Crippen molar-refractivity contribution in [1.29, 1.82) is 0 Å². The van der Waals surface area contributed by atoms with E-state index in [2.05, 4.69) is 10.6 Å². The van der Waals surface area contributed by atoms with Crippen LogP contribution in [0.3, 0.4) is 0 Å². The minimum Gasteiger partial charge on any atom is -0.479 e. The monoisotopic (exact) mass is 298 g/mol. The lowest BCUT2D eigenvalue weighted by atomic mass is 9.79. The second-order valence-corrected chi connectivity index (χ2v) is 6.23. The van der Waals surface area contributed by atoms with Gasteiger partial charge in [0.25, 0.3) is 0 Å². The van der Waals surface area contributed by atoms with Gasteiger partial charge >= 0.3 is 5.97 Å². The van der Waals surface area contributed by atoms with Gasteiger partial charge in [-0.25, -0.2) is 4.79 Å². The van der Waals surface area contributed by atoms with Gasteiger partial charge in [0, 0.05) is 18.5 Å². The molecule has 120 valence electrons. The van der Waals surface area contributed by atoms with E-state index in [1.165, 1.54) is 19.3 Å². The summed E-state index contributed by atoms with van der Waals surface area (Å²) >= 11 is 0. The molecule has 1 aliphatic heterocycles. The molecule has 2 aliphatic rings. The van der Waals surface area contributed by atoms with Gasteiger partial charge in [-0.2, -0.15) is 0 Å². The molecule has 0 bridgehead atoms. The summed E-state index contributed by atoms with van der Waals surface area (Å²) in [4.78, 5) is 22.9.